The molecular formula is C13H14ClNO2. The van der Waals surface area contributed by atoms with Crippen LogP contribution in [-0.2, 0) is 11.2 Å². The second-order valence-corrected chi connectivity index (χ2v) is 4.88. The highest BCUT2D eigenvalue weighted by Gasteiger charge is 2.39. The van der Waals surface area contributed by atoms with E-state index in [-0.39, 0.29) is 0 Å². The molecule has 1 aromatic carbocycles. The summed E-state index contributed by atoms with van der Waals surface area (Å²) in [5, 5.41) is 9.88. The number of benzene rings is 1. The molecule has 1 heterocycles. The van der Waals surface area contributed by atoms with Crippen LogP contribution in [0.4, 0.5) is 0 Å². The lowest BCUT2D eigenvalue weighted by Crippen LogP contribution is -2.43. The van der Waals surface area contributed by atoms with Gasteiger partial charge in [-0.25, -0.2) is 0 Å². The Kier molecular flexibility index (Phi) is 3.28. The van der Waals surface area contributed by atoms with Crippen molar-refractivity contribution in [3.05, 3.63) is 28.3 Å². The topological polar surface area (TPSA) is 42.2 Å². The number of hydrogen-bond donors (Lipinski definition) is 0. The number of halogens is 1. The molecule has 0 radical (unpaired) electrons. The molecule has 0 amide bonds. The lowest BCUT2D eigenvalue weighted by atomic mass is 9.81. The smallest absolute Gasteiger partial charge is 0.122 e. The predicted molar refractivity (Wildman–Crippen MR) is 65.3 cm³/mol. The molecule has 90 valence electrons. The molecular weight excluding hydrogens is 238 g/mol. The van der Waals surface area contributed by atoms with Gasteiger partial charge < -0.3 is 9.47 Å². The summed E-state index contributed by atoms with van der Waals surface area (Å²) in [6.45, 7) is 2.90. The maximum absolute atomic E-state index is 9.18. The number of methoxy groups -OCH3 is 1. The lowest BCUT2D eigenvalue weighted by Gasteiger charge is -2.35. The number of nitrogens with zero attached hydrogens (tertiary/aromatic N) is 1. The van der Waals surface area contributed by atoms with E-state index in [9.17, 15) is 5.26 Å². The number of nitriles is 1. The van der Waals surface area contributed by atoms with Crippen molar-refractivity contribution < 1.29 is 9.47 Å². The van der Waals surface area contributed by atoms with Crippen LogP contribution in [0.15, 0.2) is 12.1 Å². The molecule has 17 heavy (non-hydrogen) atoms. The van der Waals surface area contributed by atoms with Gasteiger partial charge in [-0.3, -0.25) is 0 Å². The molecule has 0 aromatic heterocycles. The Morgan fingerprint density at radius 1 is 1.53 bits per heavy atom. The van der Waals surface area contributed by atoms with Crippen LogP contribution in [0.3, 0.4) is 0 Å². The van der Waals surface area contributed by atoms with Crippen LogP contribution in [0, 0.1) is 23.7 Å². The zero-order valence-electron chi connectivity index (χ0n) is 9.92. The number of ether oxygens (including phenoxy) is 2. The third-order valence-electron chi connectivity index (χ3n) is 3.08. The molecule has 0 atom stereocenters. The van der Waals surface area contributed by atoms with E-state index in [1.54, 1.807) is 7.11 Å². The van der Waals surface area contributed by atoms with Crippen molar-refractivity contribution in [2.45, 2.75) is 13.3 Å². The van der Waals surface area contributed by atoms with Crippen LogP contribution < -0.4 is 4.74 Å². The molecule has 0 aliphatic carbocycles. The highest BCUT2D eigenvalue weighted by molar-refractivity contribution is 6.31. The Labute approximate surface area is 106 Å². The van der Waals surface area contributed by atoms with Crippen molar-refractivity contribution >= 4 is 11.6 Å². The first kappa shape index (κ1) is 12.2. The number of hydrogen-bond acceptors (Lipinski definition) is 3. The molecule has 1 aliphatic rings. The van der Waals surface area contributed by atoms with Gasteiger partial charge in [0.15, 0.2) is 0 Å². The fourth-order valence-corrected chi connectivity index (χ4v) is 2.13. The maximum Gasteiger partial charge on any atom is 0.122 e. The molecule has 0 N–H and O–H groups in total. The Bertz CT molecular complexity index is 475. The lowest BCUT2D eigenvalue weighted by molar-refractivity contribution is -0.0767. The van der Waals surface area contributed by atoms with E-state index in [2.05, 4.69) is 6.07 Å². The Hall–Kier alpha value is -1.24. The molecule has 0 spiro atoms. The zero-order chi connectivity index (χ0) is 12.5. The van der Waals surface area contributed by atoms with E-state index < -0.39 is 5.41 Å². The molecule has 1 saturated heterocycles. The van der Waals surface area contributed by atoms with Gasteiger partial charge in [-0.15, -0.1) is 0 Å². The molecule has 1 aromatic rings. The third-order valence-corrected chi connectivity index (χ3v) is 3.49. The Morgan fingerprint density at radius 3 is 2.71 bits per heavy atom. The van der Waals surface area contributed by atoms with Crippen molar-refractivity contribution in [2.75, 3.05) is 20.3 Å². The Morgan fingerprint density at radius 2 is 2.24 bits per heavy atom. The van der Waals surface area contributed by atoms with Gasteiger partial charge in [-0.2, -0.15) is 5.26 Å². The van der Waals surface area contributed by atoms with Crippen LogP contribution in [0.25, 0.3) is 0 Å². The second-order valence-electron chi connectivity index (χ2n) is 4.47. The summed E-state index contributed by atoms with van der Waals surface area (Å²) in [4.78, 5) is 0. The number of aryl methyl sites for hydroxylation is 1. The molecule has 1 aliphatic heterocycles. The Balaban J connectivity index is 2.32. The highest BCUT2D eigenvalue weighted by Crippen LogP contribution is 2.36. The van der Waals surface area contributed by atoms with Crippen LogP contribution >= 0.6 is 11.6 Å². The van der Waals surface area contributed by atoms with Crippen LogP contribution in [0.2, 0.25) is 5.02 Å². The van der Waals surface area contributed by atoms with Gasteiger partial charge in [-0.05, 0) is 36.6 Å². The first-order chi connectivity index (χ1) is 8.10. The summed E-state index contributed by atoms with van der Waals surface area (Å²) in [7, 11) is 1.63. The van der Waals surface area contributed by atoms with Gasteiger partial charge in [0.1, 0.15) is 11.2 Å². The van der Waals surface area contributed by atoms with E-state index >= 15 is 0 Å². The van der Waals surface area contributed by atoms with Crippen LogP contribution in [0.1, 0.15) is 11.1 Å². The minimum Gasteiger partial charge on any atom is -0.496 e. The molecule has 1 fully saturated rings. The van der Waals surface area contributed by atoms with Crippen molar-refractivity contribution in [2.24, 2.45) is 5.41 Å². The minimum absolute atomic E-state index is 0.411. The molecule has 2 rings (SSSR count). The van der Waals surface area contributed by atoms with Gasteiger partial charge in [0.25, 0.3) is 0 Å². The molecule has 0 saturated carbocycles. The highest BCUT2D eigenvalue weighted by atomic mass is 35.5. The summed E-state index contributed by atoms with van der Waals surface area (Å²) in [5.74, 6) is 0.786. The zero-order valence-corrected chi connectivity index (χ0v) is 10.7. The van der Waals surface area contributed by atoms with E-state index in [1.165, 1.54) is 0 Å². The minimum atomic E-state index is -0.411. The molecule has 0 unspecified atom stereocenters. The van der Waals surface area contributed by atoms with E-state index in [1.807, 2.05) is 19.1 Å². The van der Waals surface area contributed by atoms with Gasteiger partial charge in [0.2, 0.25) is 0 Å². The standard InChI is InChI=1S/C13H14ClNO2/c1-9-3-12(16-2)10(4-11(9)14)5-13(6-15)7-17-8-13/h3-4H,5,7-8H2,1-2H3. The van der Waals surface area contributed by atoms with Crippen molar-refractivity contribution in [1.29, 1.82) is 5.26 Å². The summed E-state index contributed by atoms with van der Waals surface area (Å²) in [5.41, 5.74) is 1.53. The molecule has 3 nitrogen and oxygen atoms in total. The second kappa shape index (κ2) is 4.56. The maximum atomic E-state index is 9.18. The van der Waals surface area contributed by atoms with E-state index in [4.69, 9.17) is 21.1 Å². The average molecular weight is 252 g/mol. The van der Waals surface area contributed by atoms with E-state index in [0.717, 1.165) is 16.9 Å². The summed E-state index contributed by atoms with van der Waals surface area (Å²) in [6.07, 6.45) is 0.618. The summed E-state index contributed by atoms with van der Waals surface area (Å²) >= 11 is 6.11. The third kappa shape index (κ3) is 2.24. The van der Waals surface area contributed by atoms with Gasteiger partial charge in [0.05, 0.1) is 26.4 Å². The largest absolute Gasteiger partial charge is 0.496 e. The van der Waals surface area contributed by atoms with Crippen molar-refractivity contribution in [3.63, 3.8) is 0 Å². The summed E-state index contributed by atoms with van der Waals surface area (Å²) in [6, 6.07) is 6.11. The van der Waals surface area contributed by atoms with Gasteiger partial charge in [0, 0.05) is 5.02 Å². The molecule has 4 heteroatoms. The van der Waals surface area contributed by atoms with E-state index in [0.29, 0.717) is 24.7 Å². The van der Waals surface area contributed by atoms with Crippen LogP contribution in [0.5, 0.6) is 5.75 Å². The van der Waals surface area contributed by atoms with Crippen LogP contribution in [-0.4, -0.2) is 20.3 Å². The first-order valence-electron chi connectivity index (χ1n) is 5.42. The first-order valence-corrected chi connectivity index (χ1v) is 5.80. The SMILES string of the molecule is COc1cc(C)c(Cl)cc1CC1(C#N)COC1. The van der Waals surface area contributed by atoms with Gasteiger partial charge in [-0.1, -0.05) is 11.6 Å². The van der Waals surface area contributed by atoms with Crippen molar-refractivity contribution in [3.8, 4) is 11.8 Å². The fraction of sp³-hybridized carbons (Fsp3) is 0.462. The monoisotopic (exact) mass is 251 g/mol. The quantitative estimate of drug-likeness (QED) is 0.830. The summed E-state index contributed by atoms with van der Waals surface area (Å²) < 4.78 is 10.5. The normalized spacial score (nSPS) is 17.1. The average Bonchev–Trinajstić information content (AvgIpc) is 2.27. The predicted octanol–water partition coefficient (Wildman–Crippen LogP) is 2.74. The van der Waals surface area contributed by atoms with Crippen molar-refractivity contribution in [1.82, 2.24) is 0 Å². The van der Waals surface area contributed by atoms with Gasteiger partial charge >= 0.3 is 0 Å². The number of rotatable bonds is 3. The molecule has 0 bridgehead atoms. The fourth-order valence-electron chi connectivity index (χ4n) is 1.94.